The third-order valence-electron chi connectivity index (χ3n) is 3.91. The summed E-state index contributed by atoms with van der Waals surface area (Å²) in [4.78, 5) is 34.5. The second-order valence-electron chi connectivity index (χ2n) is 5.93. The first-order valence-electron chi connectivity index (χ1n) is 8.39. The number of aromatic nitrogens is 2. The van der Waals surface area contributed by atoms with Gasteiger partial charge in [0.25, 0.3) is 11.6 Å². The van der Waals surface area contributed by atoms with E-state index in [4.69, 9.17) is 16.3 Å². The maximum atomic E-state index is 12.4. The van der Waals surface area contributed by atoms with Crippen LogP contribution < -0.4 is 5.32 Å². The number of nitrogens with one attached hydrogen (secondary N) is 1. The number of non-ortho nitro benzene ring substituents is 1. The van der Waals surface area contributed by atoms with Crippen molar-refractivity contribution in [3.05, 3.63) is 81.1 Å². The molecule has 0 fully saturated rings. The van der Waals surface area contributed by atoms with Gasteiger partial charge in [0.1, 0.15) is 10.7 Å². The molecule has 1 amide bonds. The summed E-state index contributed by atoms with van der Waals surface area (Å²) in [5.74, 6) is -1.38. The van der Waals surface area contributed by atoms with Crippen molar-refractivity contribution in [3.63, 3.8) is 0 Å². The van der Waals surface area contributed by atoms with Gasteiger partial charge in [-0.15, -0.1) is 0 Å². The molecule has 0 unspecified atom stereocenters. The van der Waals surface area contributed by atoms with Gasteiger partial charge >= 0.3 is 5.97 Å². The number of nitrogens with zero attached hydrogens (tertiary/aromatic N) is 3. The zero-order valence-electron chi connectivity index (χ0n) is 15.2. The Morgan fingerprint density at radius 2 is 1.83 bits per heavy atom. The molecule has 0 saturated carbocycles. The Morgan fingerprint density at radius 1 is 1.17 bits per heavy atom. The molecule has 9 nitrogen and oxygen atoms in total. The number of anilines is 1. The number of rotatable bonds is 6. The summed E-state index contributed by atoms with van der Waals surface area (Å²) in [6.07, 6.45) is 0. The van der Waals surface area contributed by atoms with E-state index in [0.717, 1.165) is 0 Å². The van der Waals surface area contributed by atoms with Crippen molar-refractivity contribution < 1.29 is 19.2 Å². The fourth-order valence-electron chi connectivity index (χ4n) is 2.54. The molecule has 0 atom stereocenters. The van der Waals surface area contributed by atoms with Gasteiger partial charge in [-0.2, -0.15) is 5.10 Å². The monoisotopic (exact) mass is 414 g/mol. The third kappa shape index (κ3) is 4.58. The van der Waals surface area contributed by atoms with Crippen molar-refractivity contribution in [1.82, 2.24) is 9.78 Å². The van der Waals surface area contributed by atoms with Crippen molar-refractivity contribution >= 4 is 34.9 Å². The molecule has 0 radical (unpaired) electrons. The fourth-order valence-corrected chi connectivity index (χ4v) is 2.89. The SMILES string of the molecule is Cc1nn(-c2ccccc2)c(Cl)c1C(=O)OCC(=O)Nc1ccc([N+](=O)[O-])cc1. The number of hydrogen-bond acceptors (Lipinski definition) is 6. The molecule has 0 aliphatic rings. The first-order chi connectivity index (χ1) is 13.9. The molecule has 1 heterocycles. The highest BCUT2D eigenvalue weighted by Gasteiger charge is 2.23. The molecule has 10 heteroatoms. The van der Waals surface area contributed by atoms with Crippen LogP contribution in [0.4, 0.5) is 11.4 Å². The lowest BCUT2D eigenvalue weighted by Crippen LogP contribution is -2.21. The quantitative estimate of drug-likeness (QED) is 0.374. The number of benzene rings is 2. The summed E-state index contributed by atoms with van der Waals surface area (Å²) in [6.45, 7) is 1.06. The first-order valence-corrected chi connectivity index (χ1v) is 8.76. The molecule has 0 bridgehead atoms. The van der Waals surface area contributed by atoms with Crippen molar-refractivity contribution in [3.8, 4) is 5.69 Å². The molecule has 0 aliphatic heterocycles. The molecule has 0 saturated heterocycles. The number of aryl methyl sites for hydroxylation is 1. The zero-order chi connectivity index (χ0) is 21.0. The van der Waals surface area contributed by atoms with E-state index in [1.807, 2.05) is 18.2 Å². The summed E-state index contributed by atoms with van der Waals surface area (Å²) in [5.41, 5.74) is 1.34. The highest BCUT2D eigenvalue weighted by Crippen LogP contribution is 2.24. The van der Waals surface area contributed by atoms with Crippen LogP contribution in [0.15, 0.2) is 54.6 Å². The molecule has 0 aliphatic carbocycles. The number of halogens is 1. The summed E-state index contributed by atoms with van der Waals surface area (Å²) in [7, 11) is 0. The predicted molar refractivity (Wildman–Crippen MR) is 105 cm³/mol. The molecular weight excluding hydrogens is 400 g/mol. The molecule has 1 N–H and O–H groups in total. The number of amides is 1. The number of hydrogen-bond donors (Lipinski definition) is 1. The Hall–Kier alpha value is -3.72. The molecular formula is C19H15ClN4O5. The fraction of sp³-hybridized carbons (Fsp3) is 0.105. The van der Waals surface area contributed by atoms with Crippen LogP contribution in [0.1, 0.15) is 16.1 Å². The van der Waals surface area contributed by atoms with Gasteiger partial charge < -0.3 is 10.1 Å². The van der Waals surface area contributed by atoms with E-state index < -0.39 is 23.4 Å². The van der Waals surface area contributed by atoms with Gasteiger partial charge in [0.05, 0.1) is 16.3 Å². The lowest BCUT2D eigenvalue weighted by Gasteiger charge is -2.07. The normalized spacial score (nSPS) is 10.4. The minimum atomic E-state index is -0.784. The zero-order valence-corrected chi connectivity index (χ0v) is 15.9. The van der Waals surface area contributed by atoms with E-state index in [9.17, 15) is 19.7 Å². The lowest BCUT2D eigenvalue weighted by atomic mass is 10.2. The Kier molecular flexibility index (Phi) is 5.89. The van der Waals surface area contributed by atoms with E-state index in [1.165, 1.54) is 28.9 Å². The Bertz CT molecular complexity index is 1060. The van der Waals surface area contributed by atoms with Crippen LogP contribution in [0.5, 0.6) is 0 Å². The van der Waals surface area contributed by atoms with Crippen molar-refractivity contribution in [2.75, 3.05) is 11.9 Å². The topological polar surface area (TPSA) is 116 Å². The van der Waals surface area contributed by atoms with Crippen LogP contribution in [-0.2, 0) is 9.53 Å². The second kappa shape index (κ2) is 8.53. The van der Waals surface area contributed by atoms with Crippen LogP contribution in [-0.4, -0.2) is 33.2 Å². The van der Waals surface area contributed by atoms with Crippen LogP contribution >= 0.6 is 11.6 Å². The minimum Gasteiger partial charge on any atom is -0.452 e. The van der Waals surface area contributed by atoms with Crippen LogP contribution in [0, 0.1) is 17.0 Å². The van der Waals surface area contributed by atoms with Gasteiger partial charge in [-0.05, 0) is 31.2 Å². The van der Waals surface area contributed by atoms with E-state index >= 15 is 0 Å². The highest BCUT2D eigenvalue weighted by atomic mass is 35.5. The third-order valence-corrected chi connectivity index (χ3v) is 4.25. The van der Waals surface area contributed by atoms with Gasteiger partial charge in [0.15, 0.2) is 6.61 Å². The number of carbonyl (C=O) groups is 2. The highest BCUT2D eigenvalue weighted by molar-refractivity contribution is 6.33. The molecule has 148 valence electrons. The van der Waals surface area contributed by atoms with E-state index in [-0.39, 0.29) is 16.4 Å². The standard InChI is InChI=1S/C19H15ClN4O5/c1-12-17(18(20)23(22-12)14-5-3-2-4-6-14)19(26)29-11-16(25)21-13-7-9-15(10-8-13)24(27)28/h2-10H,11H2,1H3,(H,21,25). The Morgan fingerprint density at radius 3 is 2.45 bits per heavy atom. The first kappa shape index (κ1) is 20.0. The average Bonchev–Trinajstić information content (AvgIpc) is 3.01. The largest absolute Gasteiger partial charge is 0.452 e. The van der Waals surface area contributed by atoms with E-state index in [0.29, 0.717) is 17.1 Å². The minimum absolute atomic E-state index is 0.0682. The van der Waals surface area contributed by atoms with Crippen molar-refractivity contribution in [1.29, 1.82) is 0 Å². The molecule has 29 heavy (non-hydrogen) atoms. The van der Waals surface area contributed by atoms with Gasteiger partial charge in [0.2, 0.25) is 0 Å². The maximum Gasteiger partial charge on any atom is 0.343 e. The lowest BCUT2D eigenvalue weighted by molar-refractivity contribution is -0.384. The van der Waals surface area contributed by atoms with E-state index in [1.54, 1.807) is 19.1 Å². The van der Waals surface area contributed by atoms with Gasteiger partial charge in [-0.3, -0.25) is 14.9 Å². The second-order valence-corrected chi connectivity index (χ2v) is 6.28. The number of para-hydroxylation sites is 1. The van der Waals surface area contributed by atoms with Crippen LogP contribution in [0.25, 0.3) is 5.69 Å². The Labute approximate surface area is 170 Å². The van der Waals surface area contributed by atoms with Crippen LogP contribution in [0.2, 0.25) is 5.15 Å². The molecule has 0 spiro atoms. The predicted octanol–water partition coefficient (Wildman–Crippen LogP) is 3.54. The number of ether oxygens (including phenoxy) is 1. The number of carbonyl (C=O) groups excluding carboxylic acids is 2. The van der Waals surface area contributed by atoms with Crippen molar-refractivity contribution in [2.45, 2.75) is 6.92 Å². The van der Waals surface area contributed by atoms with E-state index in [2.05, 4.69) is 10.4 Å². The number of nitro benzene ring substituents is 1. The summed E-state index contributed by atoms with van der Waals surface area (Å²) >= 11 is 6.29. The van der Waals surface area contributed by atoms with Crippen molar-refractivity contribution in [2.24, 2.45) is 0 Å². The molecule has 2 aromatic carbocycles. The smallest absolute Gasteiger partial charge is 0.343 e. The average molecular weight is 415 g/mol. The van der Waals surface area contributed by atoms with Crippen LogP contribution in [0.3, 0.4) is 0 Å². The summed E-state index contributed by atoms with van der Waals surface area (Å²) in [5, 5.41) is 17.4. The molecule has 1 aromatic heterocycles. The summed E-state index contributed by atoms with van der Waals surface area (Å²) in [6, 6.07) is 14.3. The number of esters is 1. The Balaban J connectivity index is 1.64. The molecule has 3 rings (SSSR count). The summed E-state index contributed by atoms with van der Waals surface area (Å²) < 4.78 is 6.45. The molecule has 3 aromatic rings. The number of nitro groups is 1. The maximum absolute atomic E-state index is 12.4. The van der Waals surface area contributed by atoms with Gasteiger partial charge in [0, 0.05) is 17.8 Å². The van der Waals surface area contributed by atoms with Gasteiger partial charge in [-0.1, -0.05) is 29.8 Å². The van der Waals surface area contributed by atoms with Gasteiger partial charge in [-0.25, -0.2) is 9.48 Å².